The Bertz CT molecular complexity index is 136. The molecule has 1 N–H and O–H groups in total. The third kappa shape index (κ3) is 1.20. The van der Waals surface area contributed by atoms with Crippen molar-refractivity contribution in [2.24, 2.45) is 5.92 Å². The molecule has 0 aromatic carbocycles. The van der Waals surface area contributed by atoms with E-state index < -0.39 is 0 Å². The van der Waals surface area contributed by atoms with E-state index in [9.17, 15) is 0 Å². The van der Waals surface area contributed by atoms with E-state index in [-0.39, 0.29) is 0 Å². The summed E-state index contributed by atoms with van der Waals surface area (Å²) in [4.78, 5) is 0.498. The molecule has 1 saturated heterocycles. The Hall–Kier alpha value is 0.310. The van der Waals surface area contributed by atoms with Gasteiger partial charge in [-0.2, -0.15) is 0 Å². The number of rotatable bonds is 2. The summed E-state index contributed by atoms with van der Waals surface area (Å²) in [6.45, 7) is 3.55. The van der Waals surface area contributed by atoms with Crippen molar-refractivity contribution in [2.75, 3.05) is 12.3 Å². The average Bonchev–Trinajstić information content (AvgIpc) is 2.34. The molecule has 11 heavy (non-hydrogen) atoms. The topological polar surface area (TPSA) is 12.0 Å². The first-order valence-electron chi connectivity index (χ1n) is 4.76. The molecule has 1 aliphatic heterocycles. The summed E-state index contributed by atoms with van der Waals surface area (Å²) < 4.78 is 0. The fraction of sp³-hybridized carbons (Fsp3) is 1.00. The Labute approximate surface area is 73.3 Å². The fourth-order valence-electron chi connectivity index (χ4n) is 2.20. The van der Waals surface area contributed by atoms with Crippen LogP contribution in [0.1, 0.15) is 32.6 Å². The third-order valence-electron chi connectivity index (χ3n) is 3.18. The van der Waals surface area contributed by atoms with Gasteiger partial charge in [0.2, 0.25) is 0 Å². The number of hydrogen-bond donors (Lipinski definition) is 1. The van der Waals surface area contributed by atoms with Gasteiger partial charge >= 0.3 is 0 Å². The molecule has 0 spiro atoms. The van der Waals surface area contributed by atoms with E-state index in [0.29, 0.717) is 4.87 Å². The summed E-state index contributed by atoms with van der Waals surface area (Å²) in [6, 6.07) is 0. The van der Waals surface area contributed by atoms with E-state index in [0.717, 1.165) is 5.92 Å². The van der Waals surface area contributed by atoms with Crippen LogP contribution in [0.25, 0.3) is 0 Å². The minimum atomic E-state index is 0.498. The molecule has 0 radical (unpaired) electrons. The molecule has 2 heteroatoms. The molecule has 0 amide bonds. The monoisotopic (exact) mass is 171 g/mol. The highest BCUT2D eigenvalue weighted by Crippen LogP contribution is 2.46. The van der Waals surface area contributed by atoms with Crippen molar-refractivity contribution in [3.05, 3.63) is 0 Å². The lowest BCUT2D eigenvalue weighted by atomic mass is 9.78. The van der Waals surface area contributed by atoms with Crippen molar-refractivity contribution in [2.45, 2.75) is 37.5 Å². The van der Waals surface area contributed by atoms with Gasteiger partial charge in [-0.3, -0.25) is 0 Å². The van der Waals surface area contributed by atoms with Gasteiger partial charge < -0.3 is 5.32 Å². The Morgan fingerprint density at radius 2 is 2.36 bits per heavy atom. The minimum absolute atomic E-state index is 0.498. The van der Waals surface area contributed by atoms with E-state index in [1.165, 1.54) is 38.0 Å². The first-order chi connectivity index (χ1) is 5.37. The summed E-state index contributed by atoms with van der Waals surface area (Å²) in [7, 11) is 0. The molecule has 0 bridgehead atoms. The third-order valence-corrected chi connectivity index (χ3v) is 4.87. The van der Waals surface area contributed by atoms with Crippen LogP contribution in [0, 0.1) is 5.92 Å². The van der Waals surface area contributed by atoms with Gasteiger partial charge in [0.15, 0.2) is 0 Å². The fourth-order valence-corrected chi connectivity index (χ4v) is 3.65. The molecule has 2 aliphatic rings. The highest BCUT2D eigenvalue weighted by Gasteiger charge is 2.42. The van der Waals surface area contributed by atoms with Crippen LogP contribution in [0.3, 0.4) is 0 Å². The Morgan fingerprint density at radius 1 is 1.55 bits per heavy atom. The molecule has 64 valence electrons. The lowest BCUT2D eigenvalue weighted by molar-refractivity contribution is 0.207. The predicted molar refractivity (Wildman–Crippen MR) is 50.8 cm³/mol. The molecular weight excluding hydrogens is 154 g/mol. The second-order valence-corrected chi connectivity index (χ2v) is 5.07. The van der Waals surface area contributed by atoms with E-state index in [4.69, 9.17) is 0 Å². The molecular formula is C9H17NS. The Kier molecular flexibility index (Phi) is 2.15. The van der Waals surface area contributed by atoms with E-state index >= 15 is 0 Å². The van der Waals surface area contributed by atoms with Crippen LogP contribution in [0.5, 0.6) is 0 Å². The zero-order chi connectivity index (χ0) is 7.73. The number of nitrogens with one attached hydrogen (secondary N) is 1. The van der Waals surface area contributed by atoms with E-state index in [1.54, 1.807) is 0 Å². The molecule has 0 aromatic rings. The molecule has 1 heterocycles. The first kappa shape index (κ1) is 7.93. The quantitative estimate of drug-likeness (QED) is 0.684. The summed E-state index contributed by atoms with van der Waals surface area (Å²) >= 11 is 2.16. The Balaban J connectivity index is 2.02. The highest BCUT2D eigenvalue weighted by molar-refractivity contribution is 8.00. The first-order valence-corrected chi connectivity index (χ1v) is 5.75. The second-order valence-electron chi connectivity index (χ2n) is 3.65. The van der Waals surface area contributed by atoms with Crippen LogP contribution in [0.2, 0.25) is 0 Å². The van der Waals surface area contributed by atoms with Gasteiger partial charge in [-0.15, -0.1) is 11.8 Å². The largest absolute Gasteiger partial charge is 0.302 e. The molecule has 1 nitrogen and oxygen atoms in total. The van der Waals surface area contributed by atoms with Gasteiger partial charge in [-0.1, -0.05) is 13.3 Å². The van der Waals surface area contributed by atoms with Gasteiger partial charge in [-0.05, 0) is 25.2 Å². The van der Waals surface area contributed by atoms with Crippen molar-refractivity contribution in [1.29, 1.82) is 0 Å². The number of thioether (sulfide) groups is 1. The average molecular weight is 171 g/mol. The molecule has 1 aliphatic carbocycles. The van der Waals surface area contributed by atoms with Crippen molar-refractivity contribution >= 4 is 11.8 Å². The lowest BCUT2D eigenvalue weighted by Crippen LogP contribution is -2.46. The maximum Gasteiger partial charge on any atom is 0.0671 e. The van der Waals surface area contributed by atoms with Crippen LogP contribution in [0.4, 0.5) is 0 Å². The standard InChI is InChI=1S/C9H17NS/c1-2-9(8-4-3-5-8)10-6-7-11-9/h8,10H,2-7H2,1H3. The molecule has 1 atom stereocenters. The maximum absolute atomic E-state index is 3.68. The van der Waals surface area contributed by atoms with Crippen molar-refractivity contribution in [1.82, 2.24) is 5.32 Å². The van der Waals surface area contributed by atoms with Crippen LogP contribution < -0.4 is 5.32 Å². The summed E-state index contributed by atoms with van der Waals surface area (Å²) in [5.74, 6) is 2.31. The van der Waals surface area contributed by atoms with Gasteiger partial charge in [0.25, 0.3) is 0 Å². The lowest BCUT2D eigenvalue weighted by Gasteiger charge is -2.41. The van der Waals surface area contributed by atoms with Crippen LogP contribution in [-0.2, 0) is 0 Å². The molecule has 0 aromatic heterocycles. The second kappa shape index (κ2) is 2.98. The smallest absolute Gasteiger partial charge is 0.0671 e. The maximum atomic E-state index is 3.68. The van der Waals surface area contributed by atoms with Crippen molar-refractivity contribution < 1.29 is 0 Å². The molecule has 1 saturated carbocycles. The van der Waals surface area contributed by atoms with Crippen LogP contribution in [-0.4, -0.2) is 17.2 Å². The molecule has 1 unspecified atom stereocenters. The predicted octanol–water partition coefficient (Wildman–Crippen LogP) is 2.23. The zero-order valence-corrected chi connectivity index (χ0v) is 8.04. The summed E-state index contributed by atoms with van der Waals surface area (Å²) in [5, 5.41) is 3.68. The molecule has 2 fully saturated rings. The SMILES string of the molecule is CCC1(C2CCC2)NCCS1. The number of hydrogen-bond acceptors (Lipinski definition) is 2. The zero-order valence-electron chi connectivity index (χ0n) is 7.23. The van der Waals surface area contributed by atoms with Gasteiger partial charge in [0.1, 0.15) is 0 Å². The highest BCUT2D eigenvalue weighted by atomic mass is 32.2. The van der Waals surface area contributed by atoms with Crippen LogP contribution in [0.15, 0.2) is 0 Å². The Morgan fingerprint density at radius 3 is 2.73 bits per heavy atom. The van der Waals surface area contributed by atoms with Gasteiger partial charge in [-0.25, -0.2) is 0 Å². The van der Waals surface area contributed by atoms with E-state index in [2.05, 4.69) is 24.0 Å². The van der Waals surface area contributed by atoms with E-state index in [1.807, 2.05) is 0 Å². The normalized spacial score (nSPS) is 39.0. The summed E-state index contributed by atoms with van der Waals surface area (Å²) in [5.41, 5.74) is 0. The van der Waals surface area contributed by atoms with Crippen molar-refractivity contribution in [3.63, 3.8) is 0 Å². The van der Waals surface area contributed by atoms with Gasteiger partial charge in [0.05, 0.1) is 4.87 Å². The molecule has 2 rings (SSSR count). The van der Waals surface area contributed by atoms with Crippen molar-refractivity contribution in [3.8, 4) is 0 Å². The minimum Gasteiger partial charge on any atom is -0.302 e. The van der Waals surface area contributed by atoms with Crippen LogP contribution >= 0.6 is 11.8 Å². The summed E-state index contributed by atoms with van der Waals surface area (Å²) in [6.07, 6.45) is 5.71. The van der Waals surface area contributed by atoms with Gasteiger partial charge in [0, 0.05) is 12.3 Å².